The van der Waals surface area contributed by atoms with Gasteiger partial charge in [-0.25, -0.2) is 0 Å². The summed E-state index contributed by atoms with van der Waals surface area (Å²) in [4.78, 5) is 28.1. The maximum atomic E-state index is 12.2. The van der Waals surface area contributed by atoms with E-state index in [4.69, 9.17) is 4.74 Å². The summed E-state index contributed by atoms with van der Waals surface area (Å²) < 4.78 is 5.37. The Bertz CT molecular complexity index is 779. The molecule has 2 aliphatic rings. The van der Waals surface area contributed by atoms with Gasteiger partial charge in [0.05, 0.1) is 31.0 Å². The van der Waals surface area contributed by atoms with E-state index in [2.05, 4.69) is 17.0 Å². The number of benzene rings is 2. The van der Waals surface area contributed by atoms with Gasteiger partial charge in [0.15, 0.2) is 0 Å². The number of amides is 1. The Hall–Kier alpha value is -2.66. The number of ketones is 1. The van der Waals surface area contributed by atoms with Gasteiger partial charge in [0.1, 0.15) is 0 Å². The molecule has 0 N–H and O–H groups in total. The number of carbonyl (C=O) groups is 2. The molecular weight excluding hydrogens is 304 g/mol. The van der Waals surface area contributed by atoms with Crippen molar-refractivity contribution in [2.24, 2.45) is 0 Å². The predicted molar refractivity (Wildman–Crippen MR) is 91.4 cm³/mol. The molecule has 122 valence electrons. The van der Waals surface area contributed by atoms with E-state index in [1.54, 1.807) is 17.0 Å². The van der Waals surface area contributed by atoms with E-state index in [-0.39, 0.29) is 0 Å². The molecule has 0 saturated carbocycles. The Morgan fingerprint density at radius 1 is 0.917 bits per heavy atom. The molecule has 0 radical (unpaired) electrons. The lowest BCUT2D eigenvalue weighted by Gasteiger charge is -2.29. The van der Waals surface area contributed by atoms with Gasteiger partial charge in [-0.1, -0.05) is 24.3 Å². The molecule has 1 amide bonds. The van der Waals surface area contributed by atoms with Gasteiger partial charge in [-0.3, -0.25) is 9.59 Å². The van der Waals surface area contributed by atoms with Crippen LogP contribution < -0.4 is 9.80 Å². The van der Waals surface area contributed by atoms with Gasteiger partial charge < -0.3 is 14.5 Å². The summed E-state index contributed by atoms with van der Waals surface area (Å²) in [5.74, 6) is -0.871. The van der Waals surface area contributed by atoms with Crippen LogP contribution in [0.5, 0.6) is 0 Å². The fourth-order valence-corrected chi connectivity index (χ4v) is 3.22. The van der Waals surface area contributed by atoms with E-state index in [0.717, 1.165) is 37.6 Å². The van der Waals surface area contributed by atoms with Crippen LogP contribution in [0.15, 0.2) is 48.5 Å². The van der Waals surface area contributed by atoms with Crippen molar-refractivity contribution in [1.29, 1.82) is 0 Å². The number of ether oxygens (including phenoxy) is 1. The number of Topliss-reactive ketones (excluding diaryl/α,β-unsaturated/α-hetero) is 1. The largest absolute Gasteiger partial charge is 0.378 e. The Morgan fingerprint density at radius 2 is 1.62 bits per heavy atom. The number of fused-ring (bicyclic) bond motifs is 1. The second-order valence-electron chi connectivity index (χ2n) is 6.00. The average Bonchev–Trinajstić information content (AvgIpc) is 2.88. The average molecular weight is 322 g/mol. The van der Waals surface area contributed by atoms with Crippen molar-refractivity contribution in [2.75, 3.05) is 36.1 Å². The summed E-state index contributed by atoms with van der Waals surface area (Å²) in [5.41, 5.74) is 3.35. The van der Waals surface area contributed by atoms with Crippen LogP contribution in [0.1, 0.15) is 15.9 Å². The minimum Gasteiger partial charge on any atom is -0.378 e. The van der Waals surface area contributed by atoms with E-state index >= 15 is 0 Å². The van der Waals surface area contributed by atoms with E-state index < -0.39 is 11.7 Å². The van der Waals surface area contributed by atoms with Crippen molar-refractivity contribution in [3.05, 3.63) is 59.7 Å². The van der Waals surface area contributed by atoms with Gasteiger partial charge in [0, 0.05) is 18.8 Å². The first kappa shape index (κ1) is 14.9. The van der Waals surface area contributed by atoms with Gasteiger partial charge in [-0.05, 0) is 29.8 Å². The summed E-state index contributed by atoms with van der Waals surface area (Å²) in [6.45, 7) is 3.70. The van der Waals surface area contributed by atoms with Crippen LogP contribution in [0.3, 0.4) is 0 Å². The third-order valence-corrected chi connectivity index (χ3v) is 4.53. The zero-order valence-corrected chi connectivity index (χ0v) is 13.3. The first-order valence-corrected chi connectivity index (χ1v) is 8.11. The quantitative estimate of drug-likeness (QED) is 0.813. The molecule has 0 atom stereocenters. The first-order chi connectivity index (χ1) is 11.7. The van der Waals surface area contributed by atoms with Gasteiger partial charge in [-0.15, -0.1) is 0 Å². The monoisotopic (exact) mass is 322 g/mol. The smallest absolute Gasteiger partial charge is 0.299 e. The molecule has 2 aromatic rings. The van der Waals surface area contributed by atoms with Crippen LogP contribution in [0.2, 0.25) is 0 Å². The third-order valence-electron chi connectivity index (χ3n) is 4.53. The van der Waals surface area contributed by atoms with E-state index in [0.29, 0.717) is 17.8 Å². The van der Waals surface area contributed by atoms with Crippen LogP contribution in [-0.4, -0.2) is 38.0 Å². The van der Waals surface area contributed by atoms with Gasteiger partial charge in [0.25, 0.3) is 11.7 Å². The van der Waals surface area contributed by atoms with Gasteiger partial charge in [-0.2, -0.15) is 0 Å². The minimum absolute atomic E-state index is 0.408. The van der Waals surface area contributed by atoms with Crippen LogP contribution in [0, 0.1) is 0 Å². The predicted octanol–water partition coefficient (Wildman–Crippen LogP) is 2.25. The van der Waals surface area contributed by atoms with Crippen LogP contribution in [0.25, 0.3) is 0 Å². The number of hydrogen-bond acceptors (Lipinski definition) is 4. The summed E-state index contributed by atoms with van der Waals surface area (Å²) >= 11 is 0. The molecule has 2 aliphatic heterocycles. The highest BCUT2D eigenvalue weighted by Gasteiger charge is 2.35. The first-order valence-electron chi connectivity index (χ1n) is 8.11. The molecule has 0 aromatic heterocycles. The molecule has 4 rings (SSSR count). The lowest BCUT2D eigenvalue weighted by atomic mass is 10.1. The van der Waals surface area contributed by atoms with E-state index in [1.807, 2.05) is 24.3 Å². The van der Waals surface area contributed by atoms with Crippen LogP contribution in [0.4, 0.5) is 11.4 Å². The highest BCUT2D eigenvalue weighted by atomic mass is 16.5. The minimum atomic E-state index is -0.451. The maximum absolute atomic E-state index is 12.2. The molecule has 5 heteroatoms. The Morgan fingerprint density at radius 3 is 2.38 bits per heavy atom. The van der Waals surface area contributed by atoms with Gasteiger partial charge in [0.2, 0.25) is 0 Å². The molecule has 0 spiro atoms. The van der Waals surface area contributed by atoms with Crippen LogP contribution >= 0.6 is 0 Å². The molecule has 0 bridgehead atoms. The zero-order valence-electron chi connectivity index (χ0n) is 13.3. The normalized spacial score (nSPS) is 17.3. The Labute approximate surface area is 140 Å². The second-order valence-corrected chi connectivity index (χ2v) is 6.00. The Balaban J connectivity index is 1.53. The molecule has 1 fully saturated rings. The number of rotatable bonds is 3. The molecule has 5 nitrogen and oxygen atoms in total. The third kappa shape index (κ3) is 2.57. The van der Waals surface area contributed by atoms with Crippen molar-refractivity contribution >= 4 is 23.1 Å². The number of hydrogen-bond donors (Lipinski definition) is 0. The zero-order chi connectivity index (χ0) is 16.5. The van der Waals surface area contributed by atoms with E-state index in [9.17, 15) is 9.59 Å². The number of carbonyl (C=O) groups excluding carboxylic acids is 2. The molecule has 0 unspecified atom stereocenters. The topological polar surface area (TPSA) is 49.9 Å². The van der Waals surface area contributed by atoms with Crippen molar-refractivity contribution in [3.63, 3.8) is 0 Å². The van der Waals surface area contributed by atoms with Crippen molar-refractivity contribution in [3.8, 4) is 0 Å². The molecule has 0 aliphatic carbocycles. The maximum Gasteiger partial charge on any atom is 0.299 e. The second kappa shape index (κ2) is 6.09. The van der Waals surface area contributed by atoms with E-state index in [1.165, 1.54) is 0 Å². The van der Waals surface area contributed by atoms with Crippen molar-refractivity contribution in [1.82, 2.24) is 0 Å². The summed E-state index contributed by atoms with van der Waals surface area (Å²) in [5, 5.41) is 0. The lowest BCUT2D eigenvalue weighted by molar-refractivity contribution is -0.114. The number of anilines is 2. The molecule has 1 saturated heterocycles. The van der Waals surface area contributed by atoms with Crippen LogP contribution in [-0.2, 0) is 16.1 Å². The number of nitrogens with zero attached hydrogens (tertiary/aromatic N) is 2. The Kier molecular flexibility index (Phi) is 3.78. The lowest BCUT2D eigenvalue weighted by Crippen LogP contribution is -2.36. The van der Waals surface area contributed by atoms with Crippen molar-refractivity contribution < 1.29 is 14.3 Å². The summed E-state index contributed by atoms with van der Waals surface area (Å²) in [6.07, 6.45) is 0. The fraction of sp³-hybridized carbons (Fsp3) is 0.263. The summed E-state index contributed by atoms with van der Waals surface area (Å²) in [6, 6.07) is 15.3. The molecular formula is C19H18N2O3. The fourth-order valence-electron chi connectivity index (χ4n) is 3.22. The number of para-hydroxylation sites is 1. The van der Waals surface area contributed by atoms with Gasteiger partial charge >= 0.3 is 0 Å². The SMILES string of the molecule is O=C1C(=O)N(Cc2ccc(N3CCOCC3)cc2)c2ccccc21. The highest BCUT2D eigenvalue weighted by molar-refractivity contribution is 6.52. The molecule has 2 aromatic carbocycles. The standard InChI is InChI=1S/C19H18N2O3/c22-18-16-3-1-2-4-17(16)21(19(18)23)13-14-5-7-15(8-6-14)20-9-11-24-12-10-20/h1-8H,9-13H2. The highest BCUT2D eigenvalue weighted by Crippen LogP contribution is 2.30. The molecule has 2 heterocycles. The molecule has 24 heavy (non-hydrogen) atoms. The number of morpholine rings is 1. The van der Waals surface area contributed by atoms with Crippen molar-refractivity contribution in [2.45, 2.75) is 6.54 Å². The summed E-state index contributed by atoms with van der Waals surface area (Å²) in [7, 11) is 0.